The van der Waals surface area contributed by atoms with Crippen LogP contribution < -0.4 is 0 Å². The molecule has 1 aromatic carbocycles. The molecule has 1 N–H and O–H groups in total. The predicted octanol–water partition coefficient (Wildman–Crippen LogP) is 3.28. The molecule has 2 saturated heterocycles. The smallest absolute Gasteiger partial charge is 0.332 e. The first-order valence-corrected chi connectivity index (χ1v) is 11.2. The van der Waals surface area contributed by atoms with Crippen molar-refractivity contribution >= 4 is 11.9 Å². The van der Waals surface area contributed by atoms with Gasteiger partial charge in [0.1, 0.15) is 23.9 Å². The molecular weight excluding hydrogens is 396 g/mol. The van der Waals surface area contributed by atoms with Gasteiger partial charge >= 0.3 is 11.9 Å². The van der Waals surface area contributed by atoms with Gasteiger partial charge in [0.05, 0.1) is 5.92 Å². The highest BCUT2D eigenvalue weighted by Gasteiger charge is 2.68. The van der Waals surface area contributed by atoms with Gasteiger partial charge in [-0.1, -0.05) is 35.9 Å². The van der Waals surface area contributed by atoms with Gasteiger partial charge in [-0.2, -0.15) is 0 Å². The van der Waals surface area contributed by atoms with Gasteiger partial charge in [-0.3, -0.25) is 4.79 Å². The summed E-state index contributed by atoms with van der Waals surface area (Å²) in [6.45, 7) is 5.39. The first-order valence-electron chi connectivity index (χ1n) is 11.2. The summed E-state index contributed by atoms with van der Waals surface area (Å²) in [7, 11) is 0. The molecule has 3 fully saturated rings. The third-order valence-electron chi connectivity index (χ3n) is 7.85. The van der Waals surface area contributed by atoms with Crippen LogP contribution in [-0.4, -0.2) is 47.1 Å². The van der Waals surface area contributed by atoms with Crippen LogP contribution in [0.15, 0.2) is 41.5 Å². The molecule has 5 rings (SSSR count). The topological polar surface area (TPSA) is 82.1 Å². The maximum atomic E-state index is 13.1. The lowest BCUT2D eigenvalue weighted by molar-refractivity contribution is -0.208. The average molecular weight is 427 g/mol. The first kappa shape index (κ1) is 20.7. The van der Waals surface area contributed by atoms with Crippen LogP contribution in [0.1, 0.15) is 57.9 Å². The number of hydrogen-bond acceptors (Lipinski definition) is 6. The fourth-order valence-corrected chi connectivity index (χ4v) is 6.20. The molecule has 6 nitrogen and oxygen atoms in total. The van der Waals surface area contributed by atoms with Gasteiger partial charge in [0.15, 0.2) is 6.10 Å². The number of rotatable bonds is 5. The van der Waals surface area contributed by atoms with Crippen molar-refractivity contribution < 1.29 is 28.9 Å². The van der Waals surface area contributed by atoms with Gasteiger partial charge in [-0.15, -0.1) is 0 Å². The third-order valence-corrected chi connectivity index (χ3v) is 7.85. The Morgan fingerprint density at radius 1 is 1.19 bits per heavy atom. The van der Waals surface area contributed by atoms with Gasteiger partial charge in [-0.05, 0) is 57.1 Å². The van der Waals surface area contributed by atoms with Crippen LogP contribution in [0.5, 0.6) is 0 Å². The lowest BCUT2D eigenvalue weighted by Crippen LogP contribution is -2.55. The van der Waals surface area contributed by atoms with Gasteiger partial charge in [0, 0.05) is 12.3 Å². The van der Waals surface area contributed by atoms with Crippen LogP contribution in [0.4, 0.5) is 0 Å². The van der Waals surface area contributed by atoms with Crippen LogP contribution in [0.25, 0.3) is 0 Å². The van der Waals surface area contributed by atoms with Crippen LogP contribution in [0.2, 0.25) is 0 Å². The molecule has 7 unspecified atom stereocenters. The number of benzene rings is 1. The van der Waals surface area contributed by atoms with Crippen molar-refractivity contribution in [3.63, 3.8) is 0 Å². The van der Waals surface area contributed by atoms with Gasteiger partial charge in [0.2, 0.25) is 0 Å². The molecule has 7 atom stereocenters. The van der Waals surface area contributed by atoms with Crippen molar-refractivity contribution in [1.29, 1.82) is 0 Å². The monoisotopic (exact) mass is 426 g/mol. The van der Waals surface area contributed by atoms with E-state index in [0.29, 0.717) is 6.42 Å². The summed E-state index contributed by atoms with van der Waals surface area (Å²) in [4.78, 5) is 25.0. The SMILES string of the molecule is CC1=C2C(OC(=O)C3CC3c3ccccc3)C3(C)CC(OC(=O)CO)C(C)(O3)C2CC1. The lowest BCUT2D eigenvalue weighted by atomic mass is 9.77. The van der Waals surface area contributed by atoms with Crippen molar-refractivity contribution in [2.45, 2.75) is 75.8 Å². The van der Waals surface area contributed by atoms with E-state index in [2.05, 4.69) is 19.1 Å². The first-order chi connectivity index (χ1) is 14.8. The largest absolute Gasteiger partial charge is 0.457 e. The Morgan fingerprint density at radius 3 is 2.65 bits per heavy atom. The number of aliphatic hydroxyl groups excluding tert-OH is 1. The maximum absolute atomic E-state index is 13.1. The number of fused-ring (bicyclic) bond motifs is 4. The average Bonchev–Trinajstić information content (AvgIpc) is 3.40. The predicted molar refractivity (Wildman–Crippen MR) is 112 cm³/mol. The molecule has 0 amide bonds. The van der Waals surface area contributed by atoms with Crippen molar-refractivity contribution in [2.24, 2.45) is 11.8 Å². The van der Waals surface area contributed by atoms with E-state index in [1.807, 2.05) is 32.0 Å². The molecule has 4 aliphatic rings. The zero-order chi connectivity index (χ0) is 22.0. The molecular formula is C25H30O6. The number of ether oxygens (including phenoxy) is 3. The lowest BCUT2D eigenvalue weighted by Gasteiger charge is -2.47. The number of allylic oxidation sites excluding steroid dienone is 1. The van der Waals surface area contributed by atoms with E-state index in [4.69, 9.17) is 14.2 Å². The number of aliphatic hydroxyl groups is 1. The van der Waals surface area contributed by atoms with E-state index in [9.17, 15) is 14.7 Å². The molecule has 2 bridgehead atoms. The fraction of sp³-hybridized carbons (Fsp3) is 0.600. The number of carbonyl (C=O) groups is 2. The zero-order valence-corrected chi connectivity index (χ0v) is 18.3. The second-order valence-corrected chi connectivity index (χ2v) is 9.94. The Balaban J connectivity index is 1.40. The van der Waals surface area contributed by atoms with Crippen molar-refractivity contribution in [1.82, 2.24) is 0 Å². The Bertz CT molecular complexity index is 939. The second-order valence-electron chi connectivity index (χ2n) is 9.94. The second kappa shape index (κ2) is 7.17. The van der Waals surface area contributed by atoms with Crippen molar-refractivity contribution in [3.8, 4) is 0 Å². The quantitative estimate of drug-likeness (QED) is 0.575. The van der Waals surface area contributed by atoms with E-state index in [0.717, 1.165) is 24.8 Å². The van der Waals surface area contributed by atoms with E-state index in [1.54, 1.807) is 0 Å². The highest BCUT2D eigenvalue weighted by Crippen LogP contribution is 2.60. The third kappa shape index (κ3) is 3.23. The van der Waals surface area contributed by atoms with E-state index in [-0.39, 0.29) is 23.7 Å². The summed E-state index contributed by atoms with van der Waals surface area (Å²) >= 11 is 0. The maximum Gasteiger partial charge on any atom is 0.332 e. The van der Waals surface area contributed by atoms with Crippen LogP contribution >= 0.6 is 0 Å². The summed E-state index contributed by atoms with van der Waals surface area (Å²) in [6, 6.07) is 10.1. The summed E-state index contributed by atoms with van der Waals surface area (Å²) < 4.78 is 18.3. The Morgan fingerprint density at radius 2 is 1.94 bits per heavy atom. The molecule has 0 aromatic heterocycles. The standard InChI is InChI=1S/C25H30O6/c1-14-9-10-18-21(14)22(24(2)12-19(25(18,3)31-24)29-20(27)13-26)30-23(28)17-11-16(17)15-7-5-4-6-8-15/h4-8,16-19,22,26H,9-13H2,1-3H3. The normalized spacial score (nSPS) is 40.5. The summed E-state index contributed by atoms with van der Waals surface area (Å²) in [5.41, 5.74) is 2.12. The van der Waals surface area contributed by atoms with Crippen molar-refractivity contribution in [2.75, 3.05) is 6.61 Å². The molecule has 0 radical (unpaired) electrons. The zero-order valence-electron chi connectivity index (χ0n) is 18.3. The van der Waals surface area contributed by atoms with Crippen LogP contribution in [0, 0.1) is 11.8 Å². The van der Waals surface area contributed by atoms with Crippen LogP contribution in [0.3, 0.4) is 0 Å². The van der Waals surface area contributed by atoms with E-state index in [1.165, 1.54) is 11.1 Å². The summed E-state index contributed by atoms with van der Waals surface area (Å²) in [5, 5.41) is 9.18. The minimum Gasteiger partial charge on any atom is -0.457 e. The molecule has 31 heavy (non-hydrogen) atoms. The molecule has 1 saturated carbocycles. The Hall–Kier alpha value is -2.18. The number of carbonyl (C=O) groups excluding carboxylic acids is 2. The molecule has 2 heterocycles. The molecule has 2 aliphatic carbocycles. The van der Waals surface area contributed by atoms with E-state index < -0.39 is 36.0 Å². The minimum atomic E-state index is -0.765. The Labute approximate surface area is 182 Å². The highest BCUT2D eigenvalue weighted by atomic mass is 16.6. The van der Waals surface area contributed by atoms with Gasteiger partial charge < -0.3 is 19.3 Å². The molecule has 2 aliphatic heterocycles. The van der Waals surface area contributed by atoms with Crippen molar-refractivity contribution in [3.05, 3.63) is 47.0 Å². The van der Waals surface area contributed by atoms with E-state index >= 15 is 0 Å². The minimum absolute atomic E-state index is 0.0292. The van der Waals surface area contributed by atoms with Crippen LogP contribution in [-0.2, 0) is 23.8 Å². The summed E-state index contributed by atoms with van der Waals surface area (Å²) in [6.07, 6.45) is 2.08. The molecule has 166 valence electrons. The fourth-order valence-electron chi connectivity index (χ4n) is 6.20. The van der Waals surface area contributed by atoms with Gasteiger partial charge in [-0.25, -0.2) is 4.79 Å². The number of esters is 2. The molecule has 0 spiro atoms. The Kier molecular flexibility index (Phi) is 4.79. The molecule has 1 aromatic rings. The van der Waals surface area contributed by atoms with Gasteiger partial charge in [0.25, 0.3) is 0 Å². The number of hydrogen-bond donors (Lipinski definition) is 1. The highest BCUT2D eigenvalue weighted by molar-refractivity contribution is 5.78. The molecule has 6 heteroatoms. The summed E-state index contributed by atoms with van der Waals surface area (Å²) in [5.74, 6) is -0.698.